The molecular weight excluding hydrogens is 435 g/mol. The van der Waals surface area contributed by atoms with Crippen LogP contribution in [0.4, 0.5) is 10.1 Å². The van der Waals surface area contributed by atoms with E-state index in [1.165, 1.54) is 6.07 Å². The van der Waals surface area contributed by atoms with E-state index in [1.807, 2.05) is 59.7 Å². The van der Waals surface area contributed by atoms with Gasteiger partial charge in [0.25, 0.3) is 0 Å². The van der Waals surface area contributed by atoms with Crippen molar-refractivity contribution in [3.05, 3.63) is 107 Å². The minimum absolute atomic E-state index is 0.135. The molecule has 166 valence electrons. The quantitative estimate of drug-likeness (QED) is 0.395. The SMILES string of the molecule is Cc1cc([C@H]2[C@H](c3ccccn3)NC(=S)N2c2ccccc2O)c(C)n1-c1ccccc1F. The topological polar surface area (TPSA) is 53.3 Å². The van der Waals surface area contributed by atoms with Gasteiger partial charge in [0.2, 0.25) is 0 Å². The van der Waals surface area contributed by atoms with E-state index in [2.05, 4.69) is 16.4 Å². The Morgan fingerprint density at radius 2 is 1.67 bits per heavy atom. The number of rotatable bonds is 4. The number of pyridine rings is 1. The summed E-state index contributed by atoms with van der Waals surface area (Å²) >= 11 is 5.74. The average molecular weight is 459 g/mol. The Labute approximate surface area is 197 Å². The lowest BCUT2D eigenvalue weighted by molar-refractivity contribution is 0.472. The van der Waals surface area contributed by atoms with Crippen LogP contribution in [0.1, 0.15) is 34.7 Å². The minimum Gasteiger partial charge on any atom is -0.506 e. The van der Waals surface area contributed by atoms with Gasteiger partial charge in [-0.05, 0) is 74.1 Å². The summed E-state index contributed by atoms with van der Waals surface area (Å²) in [5.41, 5.74) is 4.71. The summed E-state index contributed by atoms with van der Waals surface area (Å²) in [6.45, 7) is 3.94. The molecule has 5 rings (SSSR count). The van der Waals surface area contributed by atoms with Crippen LogP contribution in [0.3, 0.4) is 0 Å². The van der Waals surface area contributed by atoms with E-state index in [9.17, 15) is 9.50 Å². The Balaban J connectivity index is 1.71. The normalized spacial score (nSPS) is 17.9. The molecule has 0 unspecified atom stereocenters. The van der Waals surface area contributed by atoms with Crippen molar-refractivity contribution in [2.45, 2.75) is 25.9 Å². The predicted octanol–water partition coefficient (Wildman–Crippen LogP) is 5.51. The summed E-state index contributed by atoms with van der Waals surface area (Å²) in [6.07, 6.45) is 1.75. The molecular formula is C26H23FN4OS. The first-order valence-corrected chi connectivity index (χ1v) is 11.1. The second kappa shape index (κ2) is 8.33. The first kappa shape index (κ1) is 21.2. The lowest BCUT2D eigenvalue weighted by Gasteiger charge is -2.28. The van der Waals surface area contributed by atoms with Crippen LogP contribution in [-0.2, 0) is 0 Å². The Morgan fingerprint density at radius 1 is 0.970 bits per heavy atom. The summed E-state index contributed by atoms with van der Waals surface area (Å²) in [5.74, 6) is -0.152. The van der Waals surface area contributed by atoms with E-state index in [1.54, 1.807) is 30.5 Å². The number of para-hydroxylation sites is 3. The molecule has 2 aromatic heterocycles. The highest BCUT2D eigenvalue weighted by atomic mass is 32.1. The standard InChI is InChI=1S/C26H23FN4OS/c1-16-15-18(17(2)30(16)21-11-4-3-9-19(21)27)25-24(20-10-7-8-14-28-20)29-26(33)31(25)22-12-5-6-13-23(22)32/h3-15,24-25,32H,1-2H3,(H,29,33)/t24-,25-/m0/s1. The Morgan fingerprint density at radius 3 is 2.36 bits per heavy atom. The molecule has 0 spiro atoms. The molecule has 0 bridgehead atoms. The van der Waals surface area contributed by atoms with Gasteiger partial charge in [0, 0.05) is 17.6 Å². The van der Waals surface area contributed by atoms with Crippen LogP contribution in [-0.4, -0.2) is 19.8 Å². The van der Waals surface area contributed by atoms with E-state index < -0.39 is 0 Å². The molecule has 0 aliphatic carbocycles. The first-order chi connectivity index (χ1) is 16.0. The molecule has 0 saturated carbocycles. The molecule has 4 aromatic rings. The third-order valence-corrected chi connectivity index (χ3v) is 6.44. The highest BCUT2D eigenvalue weighted by Crippen LogP contribution is 2.45. The van der Waals surface area contributed by atoms with Crippen LogP contribution in [0.15, 0.2) is 79.0 Å². The lowest BCUT2D eigenvalue weighted by Crippen LogP contribution is -2.29. The van der Waals surface area contributed by atoms with Crippen molar-refractivity contribution < 1.29 is 9.50 Å². The number of phenolic OH excluding ortho intramolecular Hbond substituents is 1. The van der Waals surface area contributed by atoms with Gasteiger partial charge in [-0.25, -0.2) is 4.39 Å². The van der Waals surface area contributed by atoms with Gasteiger partial charge in [0.15, 0.2) is 5.11 Å². The van der Waals surface area contributed by atoms with Gasteiger partial charge in [-0.15, -0.1) is 0 Å². The number of hydrogen-bond acceptors (Lipinski definition) is 3. The monoisotopic (exact) mass is 458 g/mol. The van der Waals surface area contributed by atoms with Crippen molar-refractivity contribution >= 4 is 23.0 Å². The van der Waals surface area contributed by atoms with E-state index in [-0.39, 0.29) is 23.7 Å². The number of phenols is 1. The number of hydrogen-bond donors (Lipinski definition) is 2. The Hall–Kier alpha value is -3.71. The van der Waals surface area contributed by atoms with E-state index >= 15 is 0 Å². The smallest absolute Gasteiger partial charge is 0.174 e. The largest absolute Gasteiger partial charge is 0.506 e. The minimum atomic E-state index is -0.299. The van der Waals surface area contributed by atoms with E-state index in [0.717, 1.165) is 22.6 Å². The van der Waals surface area contributed by atoms with Crippen LogP contribution >= 0.6 is 12.2 Å². The van der Waals surface area contributed by atoms with Gasteiger partial charge >= 0.3 is 0 Å². The molecule has 0 radical (unpaired) electrons. The third-order valence-electron chi connectivity index (χ3n) is 6.12. The van der Waals surface area contributed by atoms with Gasteiger partial charge in [-0.2, -0.15) is 0 Å². The predicted molar refractivity (Wildman–Crippen MR) is 131 cm³/mol. The maximum atomic E-state index is 14.7. The zero-order chi connectivity index (χ0) is 23.1. The number of anilines is 1. The Bertz CT molecular complexity index is 1340. The van der Waals surface area contributed by atoms with Crippen molar-refractivity contribution in [2.24, 2.45) is 0 Å². The van der Waals surface area contributed by atoms with Gasteiger partial charge in [-0.3, -0.25) is 4.98 Å². The average Bonchev–Trinajstić information content (AvgIpc) is 3.30. The summed E-state index contributed by atoms with van der Waals surface area (Å²) < 4.78 is 16.6. The summed E-state index contributed by atoms with van der Waals surface area (Å²) in [5, 5.41) is 14.5. The van der Waals surface area contributed by atoms with Crippen LogP contribution < -0.4 is 10.2 Å². The highest BCUT2D eigenvalue weighted by Gasteiger charge is 2.43. The molecule has 7 heteroatoms. The van der Waals surface area contributed by atoms with Crippen LogP contribution in [0.5, 0.6) is 5.75 Å². The fraction of sp³-hybridized carbons (Fsp3) is 0.154. The summed E-state index contributed by atoms with van der Waals surface area (Å²) in [6, 6.07) is 21.2. The fourth-order valence-electron chi connectivity index (χ4n) is 4.69. The molecule has 1 fully saturated rings. The maximum absolute atomic E-state index is 14.7. The maximum Gasteiger partial charge on any atom is 0.174 e. The second-order valence-corrected chi connectivity index (χ2v) is 8.49. The molecule has 2 N–H and O–H groups in total. The molecule has 1 aliphatic rings. The van der Waals surface area contributed by atoms with Gasteiger partial charge in [0.1, 0.15) is 11.6 Å². The second-order valence-electron chi connectivity index (χ2n) is 8.10. The van der Waals surface area contributed by atoms with Crippen molar-refractivity contribution in [3.63, 3.8) is 0 Å². The number of benzene rings is 2. The first-order valence-electron chi connectivity index (χ1n) is 10.7. The van der Waals surface area contributed by atoms with Crippen molar-refractivity contribution in [2.75, 3.05) is 4.90 Å². The van der Waals surface area contributed by atoms with Crippen molar-refractivity contribution in [3.8, 4) is 11.4 Å². The van der Waals surface area contributed by atoms with Gasteiger partial charge in [-0.1, -0.05) is 30.3 Å². The van der Waals surface area contributed by atoms with Gasteiger partial charge in [0.05, 0.1) is 29.2 Å². The van der Waals surface area contributed by atoms with Crippen molar-refractivity contribution in [1.29, 1.82) is 0 Å². The zero-order valence-corrected chi connectivity index (χ0v) is 19.1. The summed E-state index contributed by atoms with van der Waals surface area (Å²) in [7, 11) is 0. The van der Waals surface area contributed by atoms with E-state index in [0.29, 0.717) is 16.5 Å². The number of aromatic hydroxyl groups is 1. The van der Waals surface area contributed by atoms with Crippen LogP contribution in [0, 0.1) is 19.7 Å². The number of halogens is 1. The number of aryl methyl sites for hydroxylation is 1. The fourth-order valence-corrected chi connectivity index (χ4v) is 5.03. The molecule has 3 heterocycles. The number of aromatic nitrogens is 2. The molecule has 2 aromatic carbocycles. The Kier molecular flexibility index (Phi) is 5.34. The summed E-state index contributed by atoms with van der Waals surface area (Å²) in [4.78, 5) is 6.50. The van der Waals surface area contributed by atoms with Gasteiger partial charge < -0.3 is 19.9 Å². The molecule has 2 atom stereocenters. The number of nitrogens with one attached hydrogen (secondary N) is 1. The number of nitrogens with zero attached hydrogens (tertiary/aromatic N) is 3. The molecule has 33 heavy (non-hydrogen) atoms. The third kappa shape index (κ3) is 3.54. The zero-order valence-electron chi connectivity index (χ0n) is 18.2. The molecule has 1 saturated heterocycles. The molecule has 5 nitrogen and oxygen atoms in total. The van der Waals surface area contributed by atoms with Crippen LogP contribution in [0.25, 0.3) is 5.69 Å². The molecule has 0 amide bonds. The highest BCUT2D eigenvalue weighted by molar-refractivity contribution is 7.80. The number of thiocarbonyl (C=S) groups is 1. The van der Waals surface area contributed by atoms with Crippen molar-refractivity contribution in [1.82, 2.24) is 14.9 Å². The van der Waals surface area contributed by atoms with Crippen LogP contribution in [0.2, 0.25) is 0 Å². The lowest BCUT2D eigenvalue weighted by atomic mass is 9.96. The molecule has 1 aliphatic heterocycles. The van der Waals surface area contributed by atoms with E-state index in [4.69, 9.17) is 12.2 Å².